The van der Waals surface area contributed by atoms with Crippen LogP contribution in [0.5, 0.6) is 0 Å². The van der Waals surface area contributed by atoms with Gasteiger partial charge in [0, 0.05) is 12.1 Å². The van der Waals surface area contributed by atoms with E-state index in [1.54, 1.807) is 24.3 Å². The number of aromatic nitrogens is 3. The van der Waals surface area contributed by atoms with E-state index in [0.717, 1.165) is 11.4 Å². The van der Waals surface area contributed by atoms with Gasteiger partial charge in [0.2, 0.25) is 5.91 Å². The molecule has 1 N–H and O–H groups in total. The van der Waals surface area contributed by atoms with Crippen LogP contribution in [0, 0.1) is 11.3 Å². The molecule has 3 rings (SSSR count). The third kappa shape index (κ3) is 4.18. The summed E-state index contributed by atoms with van der Waals surface area (Å²) in [4.78, 5) is 12.6. The second-order valence-electron chi connectivity index (χ2n) is 5.82. The molecule has 7 heteroatoms. The summed E-state index contributed by atoms with van der Waals surface area (Å²) in [5.41, 5.74) is 1.93. The van der Waals surface area contributed by atoms with E-state index in [-0.39, 0.29) is 5.91 Å². The normalized spacial score (nSPS) is 11.6. The van der Waals surface area contributed by atoms with Crippen LogP contribution >= 0.6 is 11.8 Å². The Balaban J connectivity index is 1.76. The predicted molar refractivity (Wildman–Crippen MR) is 106 cm³/mol. The Morgan fingerprint density at radius 3 is 2.59 bits per heavy atom. The second kappa shape index (κ2) is 8.52. The zero-order valence-corrected chi connectivity index (χ0v) is 15.9. The minimum absolute atomic E-state index is 0.186. The number of hydrogen-bond acceptors (Lipinski definition) is 5. The Labute approximate surface area is 162 Å². The van der Waals surface area contributed by atoms with Gasteiger partial charge < -0.3 is 9.88 Å². The lowest BCUT2D eigenvalue weighted by Gasteiger charge is -2.13. The van der Waals surface area contributed by atoms with Crippen LogP contribution in [-0.2, 0) is 11.3 Å². The number of thioether (sulfide) groups is 1. The fourth-order valence-electron chi connectivity index (χ4n) is 2.60. The fourth-order valence-corrected chi connectivity index (χ4v) is 3.51. The molecule has 6 nitrogen and oxygen atoms in total. The van der Waals surface area contributed by atoms with E-state index in [2.05, 4.69) is 21.6 Å². The molecular formula is C20H19N5OS. The van der Waals surface area contributed by atoms with Crippen molar-refractivity contribution < 1.29 is 4.79 Å². The average molecular weight is 377 g/mol. The maximum atomic E-state index is 12.6. The molecule has 0 saturated carbocycles. The topological polar surface area (TPSA) is 83.6 Å². The number of para-hydroxylation sites is 1. The number of hydrogen-bond donors (Lipinski definition) is 1. The molecule has 0 aliphatic carbocycles. The standard InChI is InChI=1S/C20H19N5OS/c1-3-25-18(15-9-5-4-6-10-15)23-24-20(25)27-14(2)19(26)22-17-12-8-7-11-16(17)13-21/h4-12,14H,3H2,1-2H3,(H,22,26)/t14-/m0/s1. The Hall–Kier alpha value is -3.11. The summed E-state index contributed by atoms with van der Waals surface area (Å²) in [5, 5.41) is 20.8. The molecule has 0 radical (unpaired) electrons. The van der Waals surface area contributed by atoms with Crippen molar-refractivity contribution in [1.82, 2.24) is 14.8 Å². The quantitative estimate of drug-likeness (QED) is 0.658. The van der Waals surface area contributed by atoms with Gasteiger partial charge in [-0.25, -0.2) is 0 Å². The molecule has 1 aromatic heterocycles. The number of nitrogens with one attached hydrogen (secondary N) is 1. The van der Waals surface area contributed by atoms with Crippen molar-refractivity contribution in [3.63, 3.8) is 0 Å². The van der Waals surface area contributed by atoms with E-state index in [0.29, 0.717) is 23.0 Å². The molecule has 1 heterocycles. The lowest BCUT2D eigenvalue weighted by atomic mass is 10.2. The molecule has 0 saturated heterocycles. The number of rotatable bonds is 6. The molecule has 136 valence electrons. The van der Waals surface area contributed by atoms with Gasteiger partial charge in [0.05, 0.1) is 16.5 Å². The SMILES string of the molecule is CCn1c(S[C@@H](C)C(=O)Nc2ccccc2C#N)nnc1-c1ccccc1. The molecule has 0 spiro atoms. The molecular weight excluding hydrogens is 358 g/mol. The maximum Gasteiger partial charge on any atom is 0.237 e. The molecule has 2 aromatic carbocycles. The number of nitriles is 1. The van der Waals surface area contributed by atoms with Gasteiger partial charge in [0.15, 0.2) is 11.0 Å². The zero-order chi connectivity index (χ0) is 19.2. The zero-order valence-electron chi connectivity index (χ0n) is 15.1. The highest BCUT2D eigenvalue weighted by molar-refractivity contribution is 8.00. The first kappa shape index (κ1) is 18.7. The van der Waals surface area contributed by atoms with Crippen LogP contribution in [0.15, 0.2) is 59.8 Å². The summed E-state index contributed by atoms with van der Waals surface area (Å²) in [5.74, 6) is 0.595. The van der Waals surface area contributed by atoms with Crippen LogP contribution in [-0.4, -0.2) is 25.9 Å². The van der Waals surface area contributed by atoms with Crippen LogP contribution in [0.25, 0.3) is 11.4 Å². The maximum absolute atomic E-state index is 12.6. The Morgan fingerprint density at radius 1 is 1.19 bits per heavy atom. The molecule has 0 aliphatic rings. The van der Waals surface area contributed by atoms with Gasteiger partial charge in [-0.2, -0.15) is 5.26 Å². The highest BCUT2D eigenvalue weighted by atomic mass is 32.2. The van der Waals surface area contributed by atoms with E-state index < -0.39 is 5.25 Å². The molecule has 0 bridgehead atoms. The summed E-state index contributed by atoms with van der Waals surface area (Å²) in [6.45, 7) is 4.53. The highest BCUT2D eigenvalue weighted by Crippen LogP contribution is 2.27. The summed E-state index contributed by atoms with van der Waals surface area (Å²) < 4.78 is 1.99. The average Bonchev–Trinajstić information content (AvgIpc) is 3.11. The van der Waals surface area contributed by atoms with Crippen molar-refractivity contribution in [2.45, 2.75) is 30.8 Å². The minimum atomic E-state index is -0.394. The Morgan fingerprint density at radius 2 is 1.89 bits per heavy atom. The smallest absolute Gasteiger partial charge is 0.237 e. The largest absolute Gasteiger partial charge is 0.324 e. The molecule has 1 atom stereocenters. The summed E-state index contributed by atoms with van der Waals surface area (Å²) in [6, 6.07) is 18.9. The van der Waals surface area contributed by atoms with Crippen LogP contribution < -0.4 is 5.32 Å². The molecule has 0 aliphatic heterocycles. The van der Waals surface area contributed by atoms with E-state index in [4.69, 9.17) is 5.26 Å². The van der Waals surface area contributed by atoms with Crippen molar-refractivity contribution in [3.05, 3.63) is 60.2 Å². The summed E-state index contributed by atoms with van der Waals surface area (Å²) >= 11 is 1.35. The van der Waals surface area contributed by atoms with Gasteiger partial charge in [-0.3, -0.25) is 4.79 Å². The number of carbonyl (C=O) groups excluding carboxylic acids is 1. The first-order valence-electron chi connectivity index (χ1n) is 8.59. The van der Waals surface area contributed by atoms with E-state index in [9.17, 15) is 4.79 Å². The lowest BCUT2D eigenvalue weighted by molar-refractivity contribution is -0.115. The molecule has 3 aromatic rings. The Bertz CT molecular complexity index is 978. The first-order chi connectivity index (χ1) is 13.1. The third-order valence-corrected chi connectivity index (χ3v) is 5.10. The van der Waals surface area contributed by atoms with Crippen LogP contribution in [0.1, 0.15) is 19.4 Å². The molecule has 0 unspecified atom stereocenters. The van der Waals surface area contributed by atoms with Gasteiger partial charge in [-0.05, 0) is 26.0 Å². The van der Waals surface area contributed by atoms with E-state index >= 15 is 0 Å². The van der Waals surface area contributed by atoms with Crippen LogP contribution in [0.4, 0.5) is 5.69 Å². The predicted octanol–water partition coefficient (Wildman–Crippen LogP) is 3.96. The Kier molecular flexibility index (Phi) is 5.89. The number of benzene rings is 2. The number of carbonyl (C=O) groups is 1. The van der Waals surface area contributed by atoms with Crippen LogP contribution in [0.3, 0.4) is 0 Å². The fraction of sp³-hybridized carbons (Fsp3) is 0.200. The molecule has 27 heavy (non-hydrogen) atoms. The second-order valence-corrected chi connectivity index (χ2v) is 7.13. The summed E-state index contributed by atoms with van der Waals surface area (Å²) in [6.07, 6.45) is 0. The summed E-state index contributed by atoms with van der Waals surface area (Å²) in [7, 11) is 0. The van der Waals surface area contributed by atoms with Crippen molar-refractivity contribution in [1.29, 1.82) is 5.26 Å². The van der Waals surface area contributed by atoms with Gasteiger partial charge >= 0.3 is 0 Å². The van der Waals surface area contributed by atoms with Crippen molar-refractivity contribution in [3.8, 4) is 17.5 Å². The van der Waals surface area contributed by atoms with Crippen molar-refractivity contribution in [2.75, 3.05) is 5.32 Å². The number of amides is 1. The number of anilines is 1. The van der Waals surface area contributed by atoms with Gasteiger partial charge in [0.1, 0.15) is 6.07 Å². The third-order valence-electron chi connectivity index (χ3n) is 4.02. The van der Waals surface area contributed by atoms with E-state index in [1.807, 2.05) is 48.7 Å². The van der Waals surface area contributed by atoms with E-state index in [1.165, 1.54) is 11.8 Å². The molecule has 1 amide bonds. The van der Waals surface area contributed by atoms with Gasteiger partial charge in [-0.1, -0.05) is 54.2 Å². The number of nitrogens with zero attached hydrogens (tertiary/aromatic N) is 4. The van der Waals surface area contributed by atoms with Crippen molar-refractivity contribution in [2.24, 2.45) is 0 Å². The van der Waals surface area contributed by atoms with Gasteiger partial charge in [-0.15, -0.1) is 10.2 Å². The lowest BCUT2D eigenvalue weighted by Crippen LogP contribution is -2.23. The monoisotopic (exact) mass is 377 g/mol. The van der Waals surface area contributed by atoms with Gasteiger partial charge in [0.25, 0.3) is 0 Å². The van der Waals surface area contributed by atoms with Crippen LogP contribution in [0.2, 0.25) is 0 Å². The minimum Gasteiger partial charge on any atom is -0.324 e. The van der Waals surface area contributed by atoms with Crippen molar-refractivity contribution >= 4 is 23.4 Å². The highest BCUT2D eigenvalue weighted by Gasteiger charge is 2.21. The molecule has 0 fully saturated rings. The first-order valence-corrected chi connectivity index (χ1v) is 9.47.